The molecule has 0 aliphatic carbocycles. The Kier molecular flexibility index (Phi) is 5.90. The van der Waals surface area contributed by atoms with Crippen LogP contribution in [0.4, 0.5) is 0 Å². The number of ether oxygens (including phenoxy) is 1. The van der Waals surface area contributed by atoms with Crippen molar-refractivity contribution in [3.8, 4) is 0 Å². The molecule has 0 amide bonds. The lowest BCUT2D eigenvalue weighted by Crippen LogP contribution is -2.08. The van der Waals surface area contributed by atoms with Crippen LogP contribution in [0.3, 0.4) is 0 Å². The monoisotopic (exact) mass is 358 g/mol. The van der Waals surface area contributed by atoms with Gasteiger partial charge < -0.3 is 4.74 Å². The predicted octanol–water partition coefficient (Wildman–Crippen LogP) is 5.59. The van der Waals surface area contributed by atoms with Crippen molar-refractivity contribution in [3.63, 3.8) is 0 Å². The van der Waals surface area contributed by atoms with Gasteiger partial charge in [-0.3, -0.25) is 0 Å². The van der Waals surface area contributed by atoms with Crippen molar-refractivity contribution in [1.82, 2.24) is 0 Å². The molecule has 0 spiro atoms. The number of hydrogen-bond donors (Lipinski definition) is 0. The molecule has 1 heterocycles. The van der Waals surface area contributed by atoms with Gasteiger partial charge in [0.15, 0.2) is 0 Å². The highest BCUT2D eigenvalue weighted by Gasteiger charge is 2.27. The van der Waals surface area contributed by atoms with Crippen molar-refractivity contribution in [2.75, 3.05) is 12.4 Å². The summed E-state index contributed by atoms with van der Waals surface area (Å²) in [4.78, 5) is 11.4. The maximum atomic E-state index is 11.4. The third-order valence-electron chi connectivity index (χ3n) is 4.08. The van der Waals surface area contributed by atoms with Gasteiger partial charge in [-0.15, -0.1) is 23.5 Å². The standard InChI is InChI=1S/C20H22O2S2/c1-14(2)19(21)22-12-6-9-16-13-23-20(24-16)18-11-5-8-15-7-3-4-10-17(15)18/h3-5,7-8,10-11,16,20H,1,6,9,12-13H2,2H3. The van der Waals surface area contributed by atoms with Gasteiger partial charge in [-0.25, -0.2) is 4.79 Å². The third kappa shape index (κ3) is 4.17. The van der Waals surface area contributed by atoms with Crippen LogP contribution in [-0.2, 0) is 9.53 Å². The Labute approximate surface area is 152 Å². The zero-order valence-electron chi connectivity index (χ0n) is 13.9. The molecule has 0 bridgehead atoms. The number of thioether (sulfide) groups is 2. The van der Waals surface area contributed by atoms with Crippen LogP contribution in [0, 0.1) is 0 Å². The van der Waals surface area contributed by atoms with Gasteiger partial charge in [0, 0.05) is 16.6 Å². The van der Waals surface area contributed by atoms with Crippen molar-refractivity contribution in [3.05, 3.63) is 60.2 Å². The third-order valence-corrected chi connectivity index (χ3v) is 7.47. The molecule has 0 N–H and O–H groups in total. The summed E-state index contributed by atoms with van der Waals surface area (Å²) in [5, 5.41) is 3.30. The van der Waals surface area contributed by atoms with Crippen molar-refractivity contribution in [2.45, 2.75) is 29.6 Å². The van der Waals surface area contributed by atoms with Gasteiger partial charge in [0.1, 0.15) is 0 Å². The van der Waals surface area contributed by atoms with E-state index < -0.39 is 0 Å². The fourth-order valence-corrected chi connectivity index (χ4v) is 6.33. The molecule has 1 aliphatic rings. The van der Waals surface area contributed by atoms with E-state index in [9.17, 15) is 4.79 Å². The van der Waals surface area contributed by atoms with E-state index in [1.54, 1.807) is 6.92 Å². The van der Waals surface area contributed by atoms with Crippen LogP contribution in [0.15, 0.2) is 54.6 Å². The average molecular weight is 359 g/mol. The summed E-state index contributed by atoms with van der Waals surface area (Å²) < 4.78 is 5.68. The summed E-state index contributed by atoms with van der Waals surface area (Å²) in [5.41, 5.74) is 1.90. The minimum absolute atomic E-state index is 0.280. The van der Waals surface area contributed by atoms with E-state index in [-0.39, 0.29) is 5.97 Å². The molecule has 0 radical (unpaired) electrons. The fourth-order valence-electron chi connectivity index (χ4n) is 2.82. The summed E-state index contributed by atoms with van der Waals surface area (Å²) in [7, 11) is 0. The Morgan fingerprint density at radius 2 is 2.04 bits per heavy atom. The summed E-state index contributed by atoms with van der Waals surface area (Å²) in [6.45, 7) is 5.77. The molecule has 1 saturated heterocycles. The van der Waals surface area contributed by atoms with Crippen LogP contribution < -0.4 is 0 Å². The smallest absolute Gasteiger partial charge is 0.333 e. The first kappa shape index (κ1) is 17.4. The van der Waals surface area contributed by atoms with Gasteiger partial charge in [-0.1, -0.05) is 49.0 Å². The Bertz CT molecular complexity index is 736. The van der Waals surface area contributed by atoms with Gasteiger partial charge in [0.2, 0.25) is 0 Å². The second-order valence-corrected chi connectivity index (χ2v) is 8.90. The molecule has 4 heteroatoms. The van der Waals surface area contributed by atoms with E-state index in [1.807, 2.05) is 23.5 Å². The normalized spacial score (nSPS) is 20.2. The molecule has 2 unspecified atom stereocenters. The van der Waals surface area contributed by atoms with Crippen LogP contribution in [0.5, 0.6) is 0 Å². The quantitative estimate of drug-likeness (QED) is 0.382. The summed E-state index contributed by atoms with van der Waals surface area (Å²) in [6, 6.07) is 15.2. The Hall–Kier alpha value is -1.39. The van der Waals surface area contributed by atoms with Gasteiger partial charge in [0.25, 0.3) is 0 Å². The van der Waals surface area contributed by atoms with E-state index in [2.05, 4.69) is 49.0 Å². The number of benzene rings is 2. The molecular weight excluding hydrogens is 336 g/mol. The number of hydrogen-bond acceptors (Lipinski definition) is 4. The lowest BCUT2D eigenvalue weighted by molar-refractivity contribution is -0.139. The van der Waals surface area contributed by atoms with Gasteiger partial charge in [-0.05, 0) is 36.1 Å². The molecule has 0 aromatic heterocycles. The molecule has 126 valence electrons. The van der Waals surface area contributed by atoms with E-state index >= 15 is 0 Å². The largest absolute Gasteiger partial charge is 0.462 e. The van der Waals surface area contributed by atoms with Crippen LogP contribution in [-0.4, -0.2) is 23.6 Å². The van der Waals surface area contributed by atoms with Crippen molar-refractivity contribution >= 4 is 40.3 Å². The Morgan fingerprint density at radius 1 is 1.25 bits per heavy atom. The maximum absolute atomic E-state index is 11.4. The van der Waals surface area contributed by atoms with E-state index in [1.165, 1.54) is 16.3 Å². The Morgan fingerprint density at radius 3 is 2.88 bits per heavy atom. The molecule has 0 saturated carbocycles. The number of esters is 1. The van der Waals surface area contributed by atoms with E-state index in [0.717, 1.165) is 18.6 Å². The number of carbonyl (C=O) groups excluding carboxylic acids is 1. The Balaban J connectivity index is 1.54. The first-order valence-corrected chi connectivity index (χ1v) is 10.2. The maximum Gasteiger partial charge on any atom is 0.333 e. The number of carbonyl (C=O) groups is 1. The molecule has 1 fully saturated rings. The van der Waals surface area contributed by atoms with Gasteiger partial charge >= 0.3 is 5.97 Å². The van der Waals surface area contributed by atoms with E-state index in [0.29, 0.717) is 22.0 Å². The SMILES string of the molecule is C=C(C)C(=O)OCCCC1CSC(c2cccc3ccccc23)S1. The van der Waals surface area contributed by atoms with Gasteiger partial charge in [0.05, 0.1) is 11.2 Å². The molecule has 2 aromatic rings. The van der Waals surface area contributed by atoms with Crippen LogP contribution >= 0.6 is 23.5 Å². The van der Waals surface area contributed by atoms with Crippen molar-refractivity contribution < 1.29 is 9.53 Å². The van der Waals surface area contributed by atoms with Crippen molar-refractivity contribution in [2.24, 2.45) is 0 Å². The predicted molar refractivity (Wildman–Crippen MR) is 106 cm³/mol. The topological polar surface area (TPSA) is 26.3 Å². The molecule has 24 heavy (non-hydrogen) atoms. The fraction of sp³-hybridized carbons (Fsp3) is 0.350. The zero-order chi connectivity index (χ0) is 16.9. The molecule has 2 aromatic carbocycles. The van der Waals surface area contributed by atoms with Crippen LogP contribution in [0.2, 0.25) is 0 Å². The lowest BCUT2D eigenvalue weighted by atomic mass is 10.1. The molecule has 1 aliphatic heterocycles. The number of fused-ring (bicyclic) bond motifs is 1. The molecular formula is C20H22O2S2. The second-order valence-electron chi connectivity index (χ2n) is 6.05. The second kappa shape index (κ2) is 8.13. The summed E-state index contributed by atoms with van der Waals surface area (Å²) in [5.74, 6) is 0.879. The van der Waals surface area contributed by atoms with Crippen LogP contribution in [0.1, 0.15) is 29.9 Å². The van der Waals surface area contributed by atoms with Crippen molar-refractivity contribution in [1.29, 1.82) is 0 Å². The summed E-state index contributed by atoms with van der Waals surface area (Å²) >= 11 is 4.08. The first-order valence-electron chi connectivity index (χ1n) is 8.22. The average Bonchev–Trinajstić information content (AvgIpc) is 3.06. The summed E-state index contributed by atoms with van der Waals surface area (Å²) in [6.07, 6.45) is 2.00. The minimum atomic E-state index is -0.280. The van der Waals surface area contributed by atoms with Crippen LogP contribution in [0.25, 0.3) is 10.8 Å². The molecule has 2 atom stereocenters. The highest BCUT2D eigenvalue weighted by Crippen LogP contribution is 2.51. The first-order chi connectivity index (χ1) is 11.6. The molecule has 3 rings (SSSR count). The highest BCUT2D eigenvalue weighted by atomic mass is 32.2. The zero-order valence-corrected chi connectivity index (χ0v) is 15.5. The minimum Gasteiger partial charge on any atom is -0.462 e. The van der Waals surface area contributed by atoms with E-state index in [4.69, 9.17) is 4.74 Å². The van der Waals surface area contributed by atoms with Gasteiger partial charge in [-0.2, -0.15) is 0 Å². The number of rotatable bonds is 6. The molecule has 2 nitrogen and oxygen atoms in total. The highest BCUT2D eigenvalue weighted by molar-refractivity contribution is 8.19. The lowest BCUT2D eigenvalue weighted by Gasteiger charge is -2.13.